The van der Waals surface area contributed by atoms with Crippen LogP contribution >= 0.6 is 11.8 Å². The Balaban J connectivity index is 1.82. The Kier molecular flexibility index (Phi) is 5.37. The van der Waals surface area contributed by atoms with Crippen molar-refractivity contribution in [3.63, 3.8) is 0 Å². The van der Waals surface area contributed by atoms with Crippen LogP contribution in [0.2, 0.25) is 0 Å². The first kappa shape index (κ1) is 17.5. The van der Waals surface area contributed by atoms with E-state index in [0.29, 0.717) is 12.4 Å². The van der Waals surface area contributed by atoms with Gasteiger partial charge in [0.2, 0.25) is 5.91 Å². The molecule has 0 aliphatic carbocycles. The number of nitrogens with one attached hydrogen (secondary N) is 2. The van der Waals surface area contributed by atoms with E-state index in [2.05, 4.69) is 15.7 Å². The number of halogens is 1. The lowest BCUT2D eigenvalue weighted by molar-refractivity contribution is -0.121. The SMILES string of the molecule is CCCNC(=O)Cn1nc2c(c1NC(=O)c1cccc(F)c1)CSC2. The Morgan fingerprint density at radius 1 is 1.36 bits per heavy atom. The third kappa shape index (κ3) is 4.01. The lowest BCUT2D eigenvalue weighted by Crippen LogP contribution is -2.29. The summed E-state index contributed by atoms with van der Waals surface area (Å²) < 4.78 is 14.9. The summed E-state index contributed by atoms with van der Waals surface area (Å²) in [6.45, 7) is 2.61. The van der Waals surface area contributed by atoms with Gasteiger partial charge < -0.3 is 10.6 Å². The van der Waals surface area contributed by atoms with Gasteiger partial charge in [0, 0.05) is 29.2 Å². The van der Waals surface area contributed by atoms with Gasteiger partial charge in [-0.25, -0.2) is 9.07 Å². The molecule has 1 aliphatic rings. The van der Waals surface area contributed by atoms with Gasteiger partial charge in [0.1, 0.15) is 18.2 Å². The Bertz CT molecular complexity index is 806. The maximum absolute atomic E-state index is 13.3. The molecule has 25 heavy (non-hydrogen) atoms. The molecule has 0 bridgehead atoms. The number of carbonyl (C=O) groups excluding carboxylic acids is 2. The minimum Gasteiger partial charge on any atom is -0.355 e. The lowest BCUT2D eigenvalue weighted by Gasteiger charge is -2.11. The average molecular weight is 362 g/mol. The number of hydrogen-bond acceptors (Lipinski definition) is 4. The highest BCUT2D eigenvalue weighted by molar-refractivity contribution is 7.98. The number of rotatable bonds is 6. The predicted octanol–water partition coefficient (Wildman–Crippen LogP) is 2.55. The van der Waals surface area contributed by atoms with Crippen LogP contribution in [0.15, 0.2) is 24.3 Å². The fourth-order valence-electron chi connectivity index (χ4n) is 2.59. The molecule has 2 aromatic rings. The zero-order valence-electron chi connectivity index (χ0n) is 13.8. The summed E-state index contributed by atoms with van der Waals surface area (Å²) in [5.41, 5.74) is 2.03. The molecule has 0 spiro atoms. The monoisotopic (exact) mass is 362 g/mol. The van der Waals surface area contributed by atoms with Crippen LogP contribution in [0.4, 0.5) is 10.2 Å². The summed E-state index contributed by atoms with van der Waals surface area (Å²) in [6.07, 6.45) is 0.848. The van der Waals surface area contributed by atoms with Gasteiger partial charge in [-0.15, -0.1) is 0 Å². The van der Waals surface area contributed by atoms with Gasteiger partial charge in [0.25, 0.3) is 5.91 Å². The van der Waals surface area contributed by atoms with E-state index in [4.69, 9.17) is 0 Å². The van der Waals surface area contributed by atoms with Crippen LogP contribution in [0.3, 0.4) is 0 Å². The molecule has 2 amide bonds. The third-order valence-corrected chi connectivity index (χ3v) is 4.77. The summed E-state index contributed by atoms with van der Waals surface area (Å²) in [6, 6.07) is 5.49. The van der Waals surface area contributed by atoms with E-state index in [1.807, 2.05) is 6.92 Å². The predicted molar refractivity (Wildman–Crippen MR) is 94.9 cm³/mol. The maximum Gasteiger partial charge on any atom is 0.256 e. The Morgan fingerprint density at radius 3 is 2.96 bits per heavy atom. The summed E-state index contributed by atoms with van der Waals surface area (Å²) in [5, 5.41) is 10.0. The molecule has 0 radical (unpaired) electrons. The van der Waals surface area contributed by atoms with Crippen molar-refractivity contribution in [2.24, 2.45) is 0 Å². The van der Waals surface area contributed by atoms with Gasteiger partial charge in [-0.3, -0.25) is 9.59 Å². The van der Waals surface area contributed by atoms with Crippen LogP contribution in [0, 0.1) is 5.82 Å². The highest BCUT2D eigenvalue weighted by Crippen LogP contribution is 2.34. The molecule has 1 aromatic heterocycles. The van der Waals surface area contributed by atoms with Gasteiger partial charge in [0.05, 0.1) is 5.69 Å². The first-order valence-electron chi connectivity index (χ1n) is 8.08. The zero-order chi connectivity index (χ0) is 17.8. The lowest BCUT2D eigenvalue weighted by atomic mass is 10.2. The van der Waals surface area contributed by atoms with Gasteiger partial charge in [-0.05, 0) is 24.6 Å². The van der Waals surface area contributed by atoms with Crippen LogP contribution in [-0.2, 0) is 22.8 Å². The first-order chi connectivity index (χ1) is 12.1. The topological polar surface area (TPSA) is 76.0 Å². The van der Waals surface area contributed by atoms with E-state index in [9.17, 15) is 14.0 Å². The molecule has 2 heterocycles. The number of carbonyl (C=O) groups is 2. The third-order valence-electron chi connectivity index (χ3n) is 3.80. The zero-order valence-corrected chi connectivity index (χ0v) is 14.7. The van der Waals surface area contributed by atoms with Crippen molar-refractivity contribution in [3.8, 4) is 0 Å². The summed E-state index contributed by atoms with van der Waals surface area (Å²) in [5.74, 6) is 0.944. The van der Waals surface area contributed by atoms with Crippen LogP contribution in [0.5, 0.6) is 0 Å². The summed E-state index contributed by atoms with van der Waals surface area (Å²) in [4.78, 5) is 24.5. The highest BCUT2D eigenvalue weighted by Gasteiger charge is 2.25. The maximum atomic E-state index is 13.3. The van der Waals surface area contributed by atoms with Crippen molar-refractivity contribution in [3.05, 3.63) is 46.9 Å². The minimum absolute atomic E-state index is 0.0381. The van der Waals surface area contributed by atoms with E-state index in [1.54, 1.807) is 17.8 Å². The van der Waals surface area contributed by atoms with E-state index in [1.165, 1.54) is 22.9 Å². The quantitative estimate of drug-likeness (QED) is 0.828. The normalized spacial score (nSPS) is 12.7. The Hall–Kier alpha value is -2.35. The average Bonchev–Trinajstić information content (AvgIpc) is 3.16. The second-order valence-corrected chi connectivity index (χ2v) is 6.72. The number of thioether (sulfide) groups is 1. The number of benzene rings is 1. The fourth-order valence-corrected chi connectivity index (χ4v) is 3.62. The largest absolute Gasteiger partial charge is 0.355 e. The first-order valence-corrected chi connectivity index (χ1v) is 9.24. The van der Waals surface area contributed by atoms with Crippen molar-refractivity contribution in [2.75, 3.05) is 11.9 Å². The second kappa shape index (κ2) is 7.69. The van der Waals surface area contributed by atoms with Gasteiger partial charge in [-0.1, -0.05) is 13.0 Å². The smallest absolute Gasteiger partial charge is 0.256 e. The molecule has 132 valence electrons. The molecular formula is C17H19FN4O2S. The van der Waals surface area contributed by atoms with Crippen LogP contribution in [0.25, 0.3) is 0 Å². The van der Waals surface area contributed by atoms with Crippen LogP contribution in [0.1, 0.15) is 35.0 Å². The number of nitrogens with zero attached hydrogens (tertiary/aromatic N) is 2. The van der Waals surface area contributed by atoms with Crippen molar-refractivity contribution in [1.82, 2.24) is 15.1 Å². The van der Waals surface area contributed by atoms with Crippen LogP contribution < -0.4 is 10.6 Å². The number of hydrogen-bond donors (Lipinski definition) is 2. The van der Waals surface area contributed by atoms with E-state index >= 15 is 0 Å². The summed E-state index contributed by atoms with van der Waals surface area (Å²) >= 11 is 1.70. The molecule has 6 nitrogen and oxygen atoms in total. The van der Waals surface area contributed by atoms with Crippen molar-refractivity contribution < 1.29 is 14.0 Å². The molecule has 0 saturated heterocycles. The highest BCUT2D eigenvalue weighted by atomic mass is 32.2. The van der Waals surface area contributed by atoms with Crippen LogP contribution in [-0.4, -0.2) is 28.1 Å². The van der Waals surface area contributed by atoms with Gasteiger partial charge in [0.15, 0.2) is 0 Å². The number of fused-ring (bicyclic) bond motifs is 1. The van der Waals surface area contributed by atoms with Crippen molar-refractivity contribution in [1.29, 1.82) is 0 Å². The Labute approximate surface area is 149 Å². The van der Waals surface area contributed by atoms with Gasteiger partial charge >= 0.3 is 0 Å². The molecule has 0 atom stereocenters. The van der Waals surface area contributed by atoms with E-state index in [0.717, 1.165) is 29.2 Å². The molecule has 2 N–H and O–H groups in total. The molecule has 1 aromatic carbocycles. The summed E-state index contributed by atoms with van der Waals surface area (Å²) in [7, 11) is 0. The minimum atomic E-state index is -0.471. The Morgan fingerprint density at radius 2 is 2.20 bits per heavy atom. The van der Waals surface area contributed by atoms with Crippen molar-refractivity contribution >= 4 is 29.4 Å². The fraction of sp³-hybridized carbons (Fsp3) is 0.353. The molecule has 1 aliphatic heterocycles. The molecule has 0 saturated carbocycles. The molecule has 8 heteroatoms. The number of amides is 2. The molecule has 0 unspecified atom stereocenters. The van der Waals surface area contributed by atoms with Crippen molar-refractivity contribution in [2.45, 2.75) is 31.4 Å². The molecular weight excluding hydrogens is 343 g/mol. The van der Waals surface area contributed by atoms with Gasteiger partial charge in [-0.2, -0.15) is 16.9 Å². The second-order valence-electron chi connectivity index (χ2n) is 5.74. The molecule has 3 rings (SSSR count). The van der Waals surface area contributed by atoms with E-state index < -0.39 is 11.7 Å². The molecule has 0 fully saturated rings. The standard InChI is InChI=1S/C17H19FN4O2S/c1-2-6-19-15(23)8-22-16(13-9-25-10-14(13)21-22)20-17(24)11-4-3-5-12(18)7-11/h3-5,7H,2,6,8-10H2,1H3,(H,19,23)(H,20,24). The number of aromatic nitrogens is 2. The number of anilines is 1. The van der Waals surface area contributed by atoms with E-state index in [-0.39, 0.29) is 18.0 Å².